The number of aliphatic carboxylic acids is 1. The maximum Gasteiger partial charge on any atom is 0.323 e. The zero-order valence-corrected chi connectivity index (χ0v) is 8.61. The molecular weight excluding hydrogens is 196 g/mol. The van der Waals surface area contributed by atoms with E-state index in [1.165, 1.54) is 11.0 Å². The van der Waals surface area contributed by atoms with Gasteiger partial charge in [0.05, 0.1) is 6.54 Å². The molecule has 0 aromatic carbocycles. The molecule has 1 fully saturated rings. The summed E-state index contributed by atoms with van der Waals surface area (Å²) in [5.41, 5.74) is 0. The maximum atomic E-state index is 11.6. The molecule has 0 saturated heterocycles. The van der Waals surface area contributed by atoms with Crippen LogP contribution in [0.2, 0.25) is 0 Å². The third-order valence-electron chi connectivity index (χ3n) is 2.15. The molecule has 0 radical (unpaired) electrons. The summed E-state index contributed by atoms with van der Waals surface area (Å²) in [5.74, 6) is -1.19. The van der Waals surface area contributed by atoms with Gasteiger partial charge in [-0.15, -0.1) is 6.58 Å². The molecule has 0 aromatic heterocycles. The van der Waals surface area contributed by atoms with E-state index in [4.69, 9.17) is 5.11 Å². The lowest BCUT2D eigenvalue weighted by Gasteiger charge is -2.18. The highest BCUT2D eigenvalue weighted by atomic mass is 16.4. The lowest BCUT2D eigenvalue weighted by Crippen LogP contribution is -2.41. The summed E-state index contributed by atoms with van der Waals surface area (Å²) in [4.78, 5) is 23.3. The van der Waals surface area contributed by atoms with Crippen molar-refractivity contribution in [3.05, 3.63) is 12.7 Å². The Morgan fingerprint density at radius 3 is 2.67 bits per heavy atom. The van der Waals surface area contributed by atoms with Crippen LogP contribution in [0.25, 0.3) is 0 Å². The van der Waals surface area contributed by atoms with E-state index in [2.05, 4.69) is 11.9 Å². The van der Waals surface area contributed by atoms with Gasteiger partial charge in [0.1, 0.15) is 6.54 Å². The minimum Gasteiger partial charge on any atom is -0.480 e. The van der Waals surface area contributed by atoms with Crippen molar-refractivity contribution in [1.82, 2.24) is 10.2 Å². The SMILES string of the molecule is C=CCN(CC(=O)O)C(=O)CNC1CC1. The standard InChI is InChI=1S/C10H16N2O3/c1-2-5-12(7-10(14)15)9(13)6-11-8-3-4-8/h2,8,11H,1,3-7H2,(H,14,15). The monoisotopic (exact) mass is 212 g/mol. The fourth-order valence-corrected chi connectivity index (χ4v) is 1.20. The first-order chi connectivity index (χ1) is 7.13. The van der Waals surface area contributed by atoms with Crippen LogP contribution >= 0.6 is 0 Å². The second-order valence-electron chi connectivity index (χ2n) is 3.61. The van der Waals surface area contributed by atoms with Gasteiger partial charge in [-0.1, -0.05) is 6.08 Å². The average Bonchev–Trinajstić information content (AvgIpc) is 2.96. The molecule has 1 amide bonds. The van der Waals surface area contributed by atoms with Crippen LogP contribution in [0, 0.1) is 0 Å². The minimum atomic E-state index is -1.00. The third kappa shape index (κ3) is 4.60. The van der Waals surface area contributed by atoms with Crippen molar-refractivity contribution in [3.63, 3.8) is 0 Å². The molecule has 1 aliphatic rings. The van der Waals surface area contributed by atoms with E-state index >= 15 is 0 Å². The molecule has 5 nitrogen and oxygen atoms in total. The first-order valence-electron chi connectivity index (χ1n) is 4.97. The van der Waals surface area contributed by atoms with Crippen molar-refractivity contribution in [1.29, 1.82) is 0 Å². The molecule has 0 unspecified atom stereocenters. The summed E-state index contributed by atoms with van der Waals surface area (Å²) in [6, 6.07) is 0.448. The Bertz CT molecular complexity index is 261. The minimum absolute atomic E-state index is 0.191. The Labute approximate surface area is 88.8 Å². The molecule has 5 heteroatoms. The molecule has 0 heterocycles. The highest BCUT2D eigenvalue weighted by molar-refractivity contribution is 5.82. The van der Waals surface area contributed by atoms with Crippen LogP contribution in [0.4, 0.5) is 0 Å². The zero-order chi connectivity index (χ0) is 11.3. The molecule has 2 N–H and O–H groups in total. The Kier molecular flexibility index (Phi) is 4.30. The predicted molar refractivity (Wildman–Crippen MR) is 55.4 cm³/mol. The summed E-state index contributed by atoms with van der Waals surface area (Å²) in [5, 5.41) is 11.7. The van der Waals surface area contributed by atoms with Gasteiger partial charge >= 0.3 is 5.97 Å². The summed E-state index contributed by atoms with van der Waals surface area (Å²) in [6.45, 7) is 3.71. The van der Waals surface area contributed by atoms with Crippen molar-refractivity contribution in [3.8, 4) is 0 Å². The van der Waals surface area contributed by atoms with Crippen molar-refractivity contribution >= 4 is 11.9 Å². The zero-order valence-electron chi connectivity index (χ0n) is 8.61. The number of carbonyl (C=O) groups is 2. The van der Waals surface area contributed by atoms with Gasteiger partial charge in [0.25, 0.3) is 0 Å². The summed E-state index contributed by atoms with van der Waals surface area (Å²) in [6.07, 6.45) is 3.74. The first kappa shape index (κ1) is 11.7. The fourth-order valence-electron chi connectivity index (χ4n) is 1.20. The predicted octanol–water partition coefficient (Wildman–Crippen LogP) is -0.162. The van der Waals surface area contributed by atoms with Crippen LogP contribution in [0.15, 0.2) is 12.7 Å². The topological polar surface area (TPSA) is 69.6 Å². The fraction of sp³-hybridized carbons (Fsp3) is 0.600. The van der Waals surface area contributed by atoms with E-state index < -0.39 is 5.97 Å². The summed E-state index contributed by atoms with van der Waals surface area (Å²) >= 11 is 0. The van der Waals surface area contributed by atoms with Gasteiger partial charge in [0, 0.05) is 12.6 Å². The van der Waals surface area contributed by atoms with Gasteiger partial charge in [-0.05, 0) is 12.8 Å². The molecule has 1 aliphatic carbocycles. The molecular formula is C10H16N2O3. The molecule has 0 atom stereocenters. The number of carboxylic acids is 1. The van der Waals surface area contributed by atoms with Crippen molar-refractivity contribution in [2.24, 2.45) is 0 Å². The van der Waals surface area contributed by atoms with Crippen molar-refractivity contribution < 1.29 is 14.7 Å². The Hall–Kier alpha value is -1.36. The van der Waals surface area contributed by atoms with Crippen molar-refractivity contribution in [2.75, 3.05) is 19.6 Å². The number of nitrogens with one attached hydrogen (secondary N) is 1. The van der Waals surface area contributed by atoms with E-state index in [-0.39, 0.29) is 25.5 Å². The van der Waals surface area contributed by atoms with Crippen LogP contribution in [0.5, 0.6) is 0 Å². The maximum absolute atomic E-state index is 11.6. The highest BCUT2D eigenvalue weighted by Gasteiger charge is 2.23. The van der Waals surface area contributed by atoms with Crippen LogP contribution in [0.1, 0.15) is 12.8 Å². The number of nitrogens with zero attached hydrogens (tertiary/aromatic N) is 1. The van der Waals surface area contributed by atoms with Gasteiger partial charge in [-0.25, -0.2) is 0 Å². The number of rotatable bonds is 7. The number of amides is 1. The largest absolute Gasteiger partial charge is 0.480 e. The van der Waals surface area contributed by atoms with Gasteiger partial charge in [-0.3, -0.25) is 9.59 Å². The number of hydrogen-bond donors (Lipinski definition) is 2. The Morgan fingerprint density at radius 1 is 1.53 bits per heavy atom. The number of carboxylic acid groups (broad SMARTS) is 1. The van der Waals surface area contributed by atoms with E-state index in [0.717, 1.165) is 12.8 Å². The second-order valence-corrected chi connectivity index (χ2v) is 3.61. The smallest absolute Gasteiger partial charge is 0.323 e. The van der Waals surface area contributed by atoms with E-state index in [0.29, 0.717) is 6.04 Å². The normalized spacial score (nSPS) is 14.7. The molecule has 84 valence electrons. The van der Waals surface area contributed by atoms with Gasteiger partial charge < -0.3 is 15.3 Å². The first-order valence-corrected chi connectivity index (χ1v) is 4.97. The van der Waals surface area contributed by atoms with Gasteiger partial charge in [-0.2, -0.15) is 0 Å². The molecule has 15 heavy (non-hydrogen) atoms. The summed E-state index contributed by atoms with van der Waals surface area (Å²) < 4.78 is 0. The van der Waals surface area contributed by atoms with Crippen LogP contribution in [-0.2, 0) is 9.59 Å². The Balaban J connectivity index is 2.33. The molecule has 1 rings (SSSR count). The second kappa shape index (κ2) is 5.50. The molecule has 0 aromatic rings. The van der Waals surface area contributed by atoms with Gasteiger partial charge in [0.2, 0.25) is 5.91 Å². The number of hydrogen-bond acceptors (Lipinski definition) is 3. The van der Waals surface area contributed by atoms with E-state index in [1.54, 1.807) is 0 Å². The lowest BCUT2D eigenvalue weighted by atomic mass is 10.4. The Morgan fingerprint density at radius 2 is 2.20 bits per heavy atom. The lowest BCUT2D eigenvalue weighted by molar-refractivity contribution is -0.143. The molecule has 0 spiro atoms. The molecule has 0 aliphatic heterocycles. The van der Waals surface area contributed by atoms with E-state index in [9.17, 15) is 9.59 Å². The highest BCUT2D eigenvalue weighted by Crippen LogP contribution is 2.18. The average molecular weight is 212 g/mol. The third-order valence-corrected chi connectivity index (χ3v) is 2.15. The van der Waals surface area contributed by atoms with Crippen molar-refractivity contribution in [2.45, 2.75) is 18.9 Å². The van der Waals surface area contributed by atoms with Crippen LogP contribution in [0.3, 0.4) is 0 Å². The van der Waals surface area contributed by atoms with Gasteiger partial charge in [0.15, 0.2) is 0 Å². The van der Waals surface area contributed by atoms with Crippen LogP contribution in [-0.4, -0.2) is 47.6 Å². The van der Waals surface area contributed by atoms with E-state index in [1.807, 2.05) is 0 Å². The quantitative estimate of drug-likeness (QED) is 0.575. The number of carbonyl (C=O) groups excluding carboxylic acids is 1. The van der Waals surface area contributed by atoms with Crippen LogP contribution < -0.4 is 5.32 Å². The summed E-state index contributed by atoms with van der Waals surface area (Å²) in [7, 11) is 0. The molecule has 0 bridgehead atoms. The molecule has 1 saturated carbocycles.